The molecule has 0 radical (unpaired) electrons. The summed E-state index contributed by atoms with van der Waals surface area (Å²) in [6, 6.07) is 10.2. The van der Waals surface area contributed by atoms with E-state index in [0.29, 0.717) is 11.1 Å². The first-order chi connectivity index (χ1) is 15.9. The Kier molecular flexibility index (Phi) is 6.63. The van der Waals surface area contributed by atoms with Gasteiger partial charge in [0.05, 0.1) is 28.9 Å². The minimum Gasteiger partial charge on any atom is -0.481 e. The summed E-state index contributed by atoms with van der Waals surface area (Å²) in [6.07, 6.45) is -5.18. The van der Waals surface area contributed by atoms with Gasteiger partial charge >= 0.3 is 24.1 Å². The lowest BCUT2D eigenvalue weighted by Crippen LogP contribution is -2.47. The average Bonchev–Trinajstić information content (AvgIpc) is 2.77. The molecule has 8 nitrogen and oxygen atoms in total. The van der Waals surface area contributed by atoms with E-state index >= 15 is 0 Å². The van der Waals surface area contributed by atoms with Gasteiger partial charge in [-0.2, -0.15) is 18.4 Å². The van der Waals surface area contributed by atoms with Crippen LogP contribution in [0, 0.1) is 17.2 Å². The lowest BCUT2D eigenvalue weighted by atomic mass is 9.87. The van der Waals surface area contributed by atoms with E-state index in [2.05, 4.69) is 5.32 Å². The van der Waals surface area contributed by atoms with Crippen LogP contribution in [-0.2, 0) is 15.8 Å². The molecule has 2 amide bonds. The summed E-state index contributed by atoms with van der Waals surface area (Å²) in [5.41, 5.74) is -0.0489. The average molecular weight is 473 g/mol. The van der Waals surface area contributed by atoms with E-state index < -0.39 is 48.1 Å². The summed E-state index contributed by atoms with van der Waals surface area (Å²) < 4.78 is 39.6. The Morgan fingerprint density at radius 1 is 1.15 bits per heavy atom. The van der Waals surface area contributed by atoms with Gasteiger partial charge in [0.25, 0.3) is 0 Å². The highest BCUT2D eigenvalue weighted by molar-refractivity contribution is 5.98. The molecule has 34 heavy (non-hydrogen) atoms. The molecule has 11 heteroatoms. The molecule has 0 bridgehead atoms. The highest BCUT2D eigenvalue weighted by Gasteiger charge is 2.38. The number of alkyl halides is 3. The molecule has 1 heterocycles. The molecule has 0 aliphatic carbocycles. The van der Waals surface area contributed by atoms with Gasteiger partial charge in [-0.05, 0) is 54.8 Å². The number of carbonyl (C=O) groups is 3. The number of rotatable bonds is 6. The lowest BCUT2D eigenvalue weighted by Gasteiger charge is -2.37. The Hall–Kier alpha value is -4.33. The third-order valence-corrected chi connectivity index (χ3v) is 5.44. The van der Waals surface area contributed by atoms with Gasteiger partial charge in [0.2, 0.25) is 0 Å². The van der Waals surface area contributed by atoms with Crippen LogP contribution in [0.15, 0.2) is 59.8 Å². The molecule has 0 fully saturated rings. The van der Waals surface area contributed by atoms with Crippen LogP contribution in [0.4, 0.5) is 23.7 Å². The van der Waals surface area contributed by atoms with E-state index in [1.165, 1.54) is 37.3 Å². The number of carbonyl (C=O) groups excluding carboxylic acids is 1. The second kappa shape index (κ2) is 9.27. The van der Waals surface area contributed by atoms with Crippen LogP contribution in [0.2, 0.25) is 0 Å². The molecule has 2 aromatic rings. The fourth-order valence-corrected chi connectivity index (χ4v) is 3.71. The second-order valence-corrected chi connectivity index (χ2v) is 7.54. The van der Waals surface area contributed by atoms with Crippen LogP contribution in [0.1, 0.15) is 36.1 Å². The first kappa shape index (κ1) is 24.3. The number of nitrogens with zero attached hydrogens (tertiary/aromatic N) is 2. The number of hydrogen-bond donors (Lipinski definition) is 3. The first-order valence-electron chi connectivity index (χ1n) is 9.87. The Morgan fingerprint density at radius 2 is 1.76 bits per heavy atom. The molecule has 1 aliphatic heterocycles. The van der Waals surface area contributed by atoms with Crippen LogP contribution in [0.25, 0.3) is 0 Å². The van der Waals surface area contributed by atoms with Crippen LogP contribution in [-0.4, -0.2) is 28.2 Å². The number of benzene rings is 2. The van der Waals surface area contributed by atoms with Crippen molar-refractivity contribution in [1.29, 1.82) is 5.26 Å². The maximum absolute atomic E-state index is 13.2. The monoisotopic (exact) mass is 473 g/mol. The van der Waals surface area contributed by atoms with Gasteiger partial charge < -0.3 is 15.5 Å². The molecule has 0 saturated heterocycles. The largest absolute Gasteiger partial charge is 0.481 e. The SMILES string of the molecule is CC1=C(CC(C(=O)O)C(=O)O)[C@H](c2ccc(C#N)cc2)NC(=O)N1c1cccc(C(F)(F)F)c1. The Bertz CT molecular complexity index is 1200. The molecule has 1 atom stereocenters. The number of carboxylic acids is 2. The van der Waals surface area contributed by atoms with Gasteiger partial charge in [-0.3, -0.25) is 14.5 Å². The zero-order chi connectivity index (χ0) is 25.2. The zero-order valence-electron chi connectivity index (χ0n) is 17.6. The molecule has 3 N–H and O–H groups in total. The highest BCUT2D eigenvalue weighted by Crippen LogP contribution is 2.38. The Balaban J connectivity index is 2.16. The number of amides is 2. The maximum Gasteiger partial charge on any atom is 0.416 e. The number of aliphatic carboxylic acids is 2. The van der Waals surface area contributed by atoms with E-state index in [1.807, 2.05) is 6.07 Å². The van der Waals surface area contributed by atoms with Gasteiger partial charge in [-0.15, -0.1) is 0 Å². The highest BCUT2D eigenvalue weighted by atomic mass is 19.4. The van der Waals surface area contributed by atoms with Crippen molar-refractivity contribution in [3.05, 3.63) is 76.5 Å². The third kappa shape index (κ3) is 4.85. The molecule has 0 unspecified atom stereocenters. The van der Waals surface area contributed by atoms with Gasteiger partial charge in [0.15, 0.2) is 5.92 Å². The number of carboxylic acid groups (broad SMARTS) is 2. The smallest absolute Gasteiger partial charge is 0.416 e. The second-order valence-electron chi connectivity index (χ2n) is 7.54. The first-order valence-corrected chi connectivity index (χ1v) is 9.87. The molecule has 176 valence electrons. The fraction of sp³-hybridized carbons (Fsp3) is 0.217. The molecular weight excluding hydrogens is 455 g/mol. The normalized spacial score (nSPS) is 16.3. The molecule has 2 aromatic carbocycles. The van der Waals surface area contributed by atoms with E-state index in [1.54, 1.807) is 0 Å². The van der Waals surface area contributed by atoms with Gasteiger partial charge in [0.1, 0.15) is 0 Å². The van der Waals surface area contributed by atoms with Crippen molar-refractivity contribution < 1.29 is 37.8 Å². The van der Waals surface area contributed by atoms with Crippen molar-refractivity contribution >= 4 is 23.7 Å². The van der Waals surface area contributed by atoms with Crippen LogP contribution < -0.4 is 10.2 Å². The number of nitrogens with one attached hydrogen (secondary N) is 1. The van der Waals surface area contributed by atoms with Gasteiger partial charge in [-0.25, -0.2) is 4.79 Å². The Morgan fingerprint density at radius 3 is 2.29 bits per heavy atom. The number of nitriles is 1. The van der Waals surface area contributed by atoms with E-state index in [4.69, 9.17) is 5.26 Å². The van der Waals surface area contributed by atoms with Crippen LogP contribution >= 0.6 is 0 Å². The predicted octanol–water partition coefficient (Wildman–Crippen LogP) is 4.30. The van der Waals surface area contributed by atoms with Crippen molar-refractivity contribution in [1.82, 2.24) is 5.32 Å². The third-order valence-electron chi connectivity index (χ3n) is 5.44. The van der Waals surface area contributed by atoms with Crippen molar-refractivity contribution in [2.45, 2.75) is 25.6 Å². The summed E-state index contributed by atoms with van der Waals surface area (Å²) in [7, 11) is 0. The zero-order valence-corrected chi connectivity index (χ0v) is 17.6. The van der Waals surface area contributed by atoms with E-state index in [9.17, 15) is 37.8 Å². The number of anilines is 1. The molecular formula is C23H18F3N3O5. The van der Waals surface area contributed by atoms with Crippen molar-refractivity contribution in [3.8, 4) is 6.07 Å². The number of hydrogen-bond acceptors (Lipinski definition) is 4. The summed E-state index contributed by atoms with van der Waals surface area (Å²) in [5, 5.41) is 30.4. The number of urea groups is 1. The van der Waals surface area contributed by atoms with Crippen molar-refractivity contribution in [2.75, 3.05) is 4.90 Å². The van der Waals surface area contributed by atoms with Gasteiger partial charge in [-0.1, -0.05) is 18.2 Å². The van der Waals surface area contributed by atoms with Crippen molar-refractivity contribution in [2.24, 2.45) is 5.92 Å². The lowest BCUT2D eigenvalue weighted by molar-refractivity contribution is -0.154. The molecule has 1 aliphatic rings. The van der Waals surface area contributed by atoms with Crippen molar-refractivity contribution in [3.63, 3.8) is 0 Å². The predicted molar refractivity (Wildman–Crippen MR) is 112 cm³/mol. The standard InChI is InChI=1S/C23H18F3N3O5/c1-12-17(10-18(20(30)31)21(32)33)19(14-7-5-13(11-27)6-8-14)28-22(34)29(12)16-4-2-3-15(9-16)23(24,25)26/h2-9,18-19H,10H2,1H3,(H,28,34)(H,30,31)(H,32,33)/t19-/m0/s1. The van der Waals surface area contributed by atoms with Crippen LogP contribution in [0.5, 0.6) is 0 Å². The molecule has 0 aromatic heterocycles. The number of halogens is 3. The molecule has 3 rings (SSSR count). The quantitative estimate of drug-likeness (QED) is 0.537. The topological polar surface area (TPSA) is 131 Å². The minimum absolute atomic E-state index is 0.102. The van der Waals surface area contributed by atoms with Crippen LogP contribution in [0.3, 0.4) is 0 Å². The summed E-state index contributed by atoms with van der Waals surface area (Å²) in [4.78, 5) is 37.0. The minimum atomic E-state index is -4.66. The Labute approximate surface area is 191 Å². The summed E-state index contributed by atoms with van der Waals surface area (Å²) >= 11 is 0. The molecule has 0 spiro atoms. The van der Waals surface area contributed by atoms with E-state index in [0.717, 1.165) is 23.1 Å². The number of allylic oxidation sites excluding steroid dienone is 1. The van der Waals surface area contributed by atoms with Gasteiger partial charge in [0, 0.05) is 5.70 Å². The molecule has 0 saturated carbocycles. The maximum atomic E-state index is 13.2. The summed E-state index contributed by atoms with van der Waals surface area (Å²) in [5.74, 6) is -5.06. The fourth-order valence-electron chi connectivity index (χ4n) is 3.71. The van der Waals surface area contributed by atoms with E-state index in [-0.39, 0.29) is 17.0 Å². The summed E-state index contributed by atoms with van der Waals surface area (Å²) in [6.45, 7) is 1.41.